The molecule has 30 heavy (non-hydrogen) atoms. The molecule has 0 spiro atoms. The van der Waals surface area contributed by atoms with Gasteiger partial charge in [-0.3, -0.25) is 4.79 Å². The first kappa shape index (κ1) is 22.1. The molecule has 1 atom stereocenters. The molecule has 1 amide bonds. The van der Waals surface area contributed by atoms with E-state index in [1.54, 1.807) is 24.3 Å². The maximum atomic E-state index is 13.0. The second-order valence-corrected chi connectivity index (χ2v) is 8.45. The summed E-state index contributed by atoms with van der Waals surface area (Å²) in [6, 6.07) is 6.13. The summed E-state index contributed by atoms with van der Waals surface area (Å²) in [5, 5.41) is 12.0. The molecule has 2 saturated carbocycles. The molecule has 2 fully saturated rings. The van der Waals surface area contributed by atoms with E-state index in [-0.39, 0.29) is 29.5 Å². The van der Waals surface area contributed by atoms with E-state index in [1.807, 2.05) is 0 Å². The number of benzene rings is 1. The zero-order valence-corrected chi connectivity index (χ0v) is 17.6. The number of carboxylic acids is 1. The van der Waals surface area contributed by atoms with Crippen molar-refractivity contribution in [2.24, 2.45) is 5.92 Å². The molecule has 0 saturated heterocycles. The van der Waals surface area contributed by atoms with Crippen LogP contribution in [-0.4, -0.2) is 35.1 Å². The third-order valence-electron chi connectivity index (χ3n) is 6.12. The molecule has 0 aromatic heterocycles. The number of amides is 1. The van der Waals surface area contributed by atoms with Crippen LogP contribution in [0.2, 0.25) is 0 Å². The largest absolute Gasteiger partial charge is 0.478 e. The van der Waals surface area contributed by atoms with Crippen LogP contribution in [0.1, 0.15) is 80.6 Å². The van der Waals surface area contributed by atoms with Crippen molar-refractivity contribution in [3.05, 3.63) is 41.0 Å². The van der Waals surface area contributed by atoms with Crippen molar-refractivity contribution in [2.45, 2.75) is 76.9 Å². The van der Waals surface area contributed by atoms with Crippen LogP contribution in [0.3, 0.4) is 0 Å². The fraction of sp³-hybridized carbons (Fsp3) is 0.542. The summed E-state index contributed by atoms with van der Waals surface area (Å²) in [4.78, 5) is 37.0. The molecule has 162 valence electrons. The van der Waals surface area contributed by atoms with E-state index in [0.717, 1.165) is 57.8 Å². The summed E-state index contributed by atoms with van der Waals surface area (Å²) in [7, 11) is 0. The highest BCUT2D eigenvalue weighted by molar-refractivity contribution is 5.98. The lowest BCUT2D eigenvalue weighted by atomic mass is 9.83. The van der Waals surface area contributed by atoms with Crippen LogP contribution in [0.25, 0.3) is 6.08 Å². The smallest absolute Gasteiger partial charge is 0.331 e. The molecule has 0 heterocycles. The number of ether oxygens (including phenoxy) is 1. The van der Waals surface area contributed by atoms with Gasteiger partial charge in [0.2, 0.25) is 0 Å². The number of carbonyl (C=O) groups is 3. The van der Waals surface area contributed by atoms with Crippen molar-refractivity contribution in [2.75, 3.05) is 0 Å². The lowest BCUT2D eigenvalue weighted by Crippen LogP contribution is -2.48. The average Bonchev–Trinajstić information content (AvgIpc) is 3.25. The average molecular weight is 414 g/mol. The number of carbonyl (C=O) groups excluding carboxylic acids is 2. The summed E-state index contributed by atoms with van der Waals surface area (Å²) in [5.74, 6) is -1.57. The first-order valence-corrected chi connectivity index (χ1v) is 11.0. The van der Waals surface area contributed by atoms with Gasteiger partial charge in [-0.15, -0.1) is 0 Å². The third-order valence-corrected chi connectivity index (χ3v) is 6.12. The molecule has 0 unspecified atom stereocenters. The number of rotatable bonds is 7. The molecule has 1 aromatic carbocycles. The van der Waals surface area contributed by atoms with Crippen molar-refractivity contribution in [3.63, 3.8) is 0 Å². The Kier molecular flexibility index (Phi) is 7.66. The van der Waals surface area contributed by atoms with Crippen LogP contribution in [0.15, 0.2) is 29.8 Å². The number of nitrogens with one attached hydrogen (secondary N) is 1. The first-order valence-electron chi connectivity index (χ1n) is 11.0. The second kappa shape index (κ2) is 10.4. The normalized spacial score (nSPS) is 19.3. The molecular weight excluding hydrogens is 382 g/mol. The van der Waals surface area contributed by atoms with Crippen molar-refractivity contribution in [3.8, 4) is 0 Å². The predicted octanol–water partition coefficient (Wildman–Crippen LogP) is 4.34. The molecular formula is C24H31NO5. The molecule has 2 aliphatic rings. The topological polar surface area (TPSA) is 92.7 Å². The van der Waals surface area contributed by atoms with Gasteiger partial charge in [-0.1, -0.05) is 31.4 Å². The third kappa shape index (κ3) is 5.94. The zero-order valence-electron chi connectivity index (χ0n) is 17.6. The summed E-state index contributed by atoms with van der Waals surface area (Å²) < 4.78 is 5.74. The Balaban J connectivity index is 1.74. The molecule has 0 radical (unpaired) electrons. The minimum absolute atomic E-state index is 0.0343. The fourth-order valence-corrected chi connectivity index (χ4v) is 4.39. The highest BCUT2D eigenvalue weighted by Crippen LogP contribution is 2.29. The van der Waals surface area contributed by atoms with Crippen LogP contribution in [0.5, 0.6) is 0 Å². The number of hydrogen-bond donors (Lipinski definition) is 2. The molecule has 3 rings (SSSR count). The Bertz CT molecular complexity index is 804. The molecule has 0 bridgehead atoms. The molecule has 2 aliphatic carbocycles. The van der Waals surface area contributed by atoms with E-state index in [0.29, 0.717) is 11.1 Å². The summed E-state index contributed by atoms with van der Waals surface area (Å²) >= 11 is 0. The van der Waals surface area contributed by atoms with Gasteiger partial charge in [0, 0.05) is 11.1 Å². The van der Waals surface area contributed by atoms with Crippen molar-refractivity contribution < 1.29 is 24.2 Å². The lowest BCUT2D eigenvalue weighted by molar-refractivity contribution is -0.153. The maximum absolute atomic E-state index is 13.0. The number of esters is 1. The summed E-state index contributed by atoms with van der Waals surface area (Å²) in [6.07, 6.45) is 10.5. The van der Waals surface area contributed by atoms with Gasteiger partial charge in [-0.05, 0) is 75.1 Å². The van der Waals surface area contributed by atoms with Gasteiger partial charge < -0.3 is 15.2 Å². The molecule has 1 aromatic rings. The van der Waals surface area contributed by atoms with E-state index in [1.165, 1.54) is 13.0 Å². The second-order valence-electron chi connectivity index (χ2n) is 8.45. The van der Waals surface area contributed by atoms with Crippen LogP contribution < -0.4 is 5.32 Å². The molecule has 0 aliphatic heterocycles. The van der Waals surface area contributed by atoms with Gasteiger partial charge in [-0.2, -0.15) is 0 Å². The highest BCUT2D eigenvalue weighted by atomic mass is 16.5. The fourth-order valence-electron chi connectivity index (χ4n) is 4.39. The number of hydrogen-bond acceptors (Lipinski definition) is 4. The van der Waals surface area contributed by atoms with Crippen molar-refractivity contribution in [1.82, 2.24) is 5.32 Å². The van der Waals surface area contributed by atoms with E-state index in [9.17, 15) is 14.4 Å². The van der Waals surface area contributed by atoms with E-state index < -0.39 is 12.0 Å². The quantitative estimate of drug-likeness (QED) is 0.512. The first-order chi connectivity index (χ1) is 14.4. The zero-order chi connectivity index (χ0) is 21.5. The van der Waals surface area contributed by atoms with Gasteiger partial charge in [0.15, 0.2) is 0 Å². The van der Waals surface area contributed by atoms with Gasteiger partial charge in [0.1, 0.15) is 12.1 Å². The predicted molar refractivity (Wildman–Crippen MR) is 114 cm³/mol. The number of aliphatic carboxylic acids is 1. The van der Waals surface area contributed by atoms with Gasteiger partial charge in [0.25, 0.3) is 5.91 Å². The SMILES string of the molecule is C/C(=C\c1cccc(C(=O)N[C@H](C(=O)OC2CCCC2)C2CCCCC2)c1)C(=O)O. The summed E-state index contributed by atoms with van der Waals surface area (Å²) in [5.41, 5.74) is 1.22. The van der Waals surface area contributed by atoms with E-state index in [2.05, 4.69) is 5.32 Å². The van der Waals surface area contributed by atoms with E-state index >= 15 is 0 Å². The standard InChI is InChI=1S/C24H31NO5/c1-16(23(27)28)14-17-8-7-11-19(15-17)22(26)25-21(18-9-3-2-4-10-18)24(29)30-20-12-5-6-13-20/h7-8,11,14-15,18,20-21H,2-6,9-10,12-13H2,1H3,(H,25,26)(H,27,28)/b16-14+/t21-/m0/s1. The van der Waals surface area contributed by atoms with Gasteiger partial charge in [0.05, 0.1) is 0 Å². The Morgan fingerprint density at radius 3 is 2.40 bits per heavy atom. The highest BCUT2D eigenvalue weighted by Gasteiger charge is 2.34. The van der Waals surface area contributed by atoms with Gasteiger partial charge in [-0.25, -0.2) is 9.59 Å². The Hall–Kier alpha value is -2.63. The van der Waals surface area contributed by atoms with Crippen LogP contribution in [-0.2, 0) is 14.3 Å². The van der Waals surface area contributed by atoms with Crippen LogP contribution in [0.4, 0.5) is 0 Å². The maximum Gasteiger partial charge on any atom is 0.331 e. The molecule has 6 nitrogen and oxygen atoms in total. The Labute approximate surface area is 177 Å². The van der Waals surface area contributed by atoms with Gasteiger partial charge >= 0.3 is 11.9 Å². The number of carboxylic acid groups (broad SMARTS) is 1. The minimum Gasteiger partial charge on any atom is -0.478 e. The molecule has 6 heteroatoms. The monoisotopic (exact) mass is 413 g/mol. The van der Waals surface area contributed by atoms with E-state index in [4.69, 9.17) is 9.84 Å². The molecule has 2 N–H and O–H groups in total. The Morgan fingerprint density at radius 1 is 1.07 bits per heavy atom. The summed E-state index contributed by atoms with van der Waals surface area (Å²) in [6.45, 7) is 1.51. The minimum atomic E-state index is -1.00. The lowest BCUT2D eigenvalue weighted by Gasteiger charge is -2.30. The Morgan fingerprint density at radius 2 is 1.73 bits per heavy atom. The van der Waals surface area contributed by atoms with Crippen molar-refractivity contribution >= 4 is 23.9 Å². The van der Waals surface area contributed by atoms with Crippen LogP contribution >= 0.6 is 0 Å². The van der Waals surface area contributed by atoms with Crippen LogP contribution in [0, 0.1) is 5.92 Å². The van der Waals surface area contributed by atoms with Crippen molar-refractivity contribution in [1.29, 1.82) is 0 Å².